The van der Waals surface area contributed by atoms with Crippen molar-refractivity contribution in [3.05, 3.63) is 0 Å². The second kappa shape index (κ2) is 11.6. The van der Waals surface area contributed by atoms with Gasteiger partial charge in [-0.05, 0) is 116 Å². The number of hydrogen-bond acceptors (Lipinski definition) is 4. The minimum Gasteiger partial charge on any atom is -0.450 e. The summed E-state index contributed by atoms with van der Waals surface area (Å²) in [5, 5.41) is 25.6. The van der Waals surface area contributed by atoms with Crippen molar-refractivity contribution in [2.24, 2.45) is 52.3 Å². The average Bonchev–Trinajstić information content (AvgIpc) is 3.04. The highest BCUT2D eigenvalue weighted by Gasteiger charge is 2.64. The molecule has 218 valence electrons. The van der Waals surface area contributed by atoms with Crippen molar-refractivity contribution >= 4 is 6.09 Å². The zero-order valence-corrected chi connectivity index (χ0v) is 24.8. The summed E-state index contributed by atoms with van der Waals surface area (Å²) in [4.78, 5) is 12.5. The molecule has 0 heterocycles. The largest absolute Gasteiger partial charge is 0.450 e. The van der Waals surface area contributed by atoms with Crippen molar-refractivity contribution in [3.63, 3.8) is 0 Å². The maximum absolute atomic E-state index is 12.5. The third-order valence-electron chi connectivity index (χ3n) is 13.1. The predicted molar refractivity (Wildman–Crippen MR) is 152 cm³/mol. The van der Waals surface area contributed by atoms with Crippen molar-refractivity contribution in [2.45, 2.75) is 142 Å². The molecule has 0 aromatic carbocycles. The fourth-order valence-electron chi connectivity index (χ4n) is 11.1. The topological polar surface area (TPSA) is 78.8 Å². The molecule has 0 spiro atoms. The van der Waals surface area contributed by atoms with Crippen LogP contribution in [0, 0.1) is 52.3 Å². The van der Waals surface area contributed by atoms with E-state index in [0.29, 0.717) is 48.0 Å². The number of nitrogens with one attached hydrogen (secondary N) is 1. The Labute approximate surface area is 232 Å². The summed E-state index contributed by atoms with van der Waals surface area (Å²) in [5.41, 5.74) is 0.521. The quantitative estimate of drug-likeness (QED) is 0.320. The van der Waals surface area contributed by atoms with Gasteiger partial charge in [-0.2, -0.15) is 0 Å². The van der Waals surface area contributed by atoms with E-state index in [1.54, 1.807) is 0 Å². The summed E-state index contributed by atoms with van der Waals surface area (Å²) in [7, 11) is 0. The van der Waals surface area contributed by atoms with E-state index < -0.39 is 0 Å². The first-order valence-corrected chi connectivity index (χ1v) is 16.5. The lowest BCUT2D eigenvalue weighted by molar-refractivity contribution is -0.203. The molecule has 0 radical (unpaired) electrons. The molecule has 5 aliphatic rings. The Morgan fingerprint density at radius 1 is 0.921 bits per heavy atom. The maximum Gasteiger partial charge on any atom is 0.407 e. The van der Waals surface area contributed by atoms with E-state index in [-0.39, 0.29) is 35.2 Å². The summed E-state index contributed by atoms with van der Waals surface area (Å²) in [6.07, 6.45) is 16.3. The van der Waals surface area contributed by atoms with Crippen LogP contribution in [0.3, 0.4) is 0 Å². The zero-order valence-electron chi connectivity index (χ0n) is 24.8. The molecule has 11 atom stereocenters. The number of ether oxygens (including phenoxy) is 1. The van der Waals surface area contributed by atoms with Gasteiger partial charge >= 0.3 is 6.09 Å². The van der Waals surface area contributed by atoms with Crippen LogP contribution < -0.4 is 5.32 Å². The molecule has 1 amide bonds. The highest BCUT2D eigenvalue weighted by atomic mass is 16.5. The van der Waals surface area contributed by atoms with Crippen molar-refractivity contribution in [1.29, 1.82) is 0 Å². The van der Waals surface area contributed by atoms with Gasteiger partial charge in [-0.15, -0.1) is 0 Å². The highest BCUT2D eigenvalue weighted by molar-refractivity contribution is 5.67. The number of alkyl carbamates (subject to hydrolysis) is 1. The third-order valence-corrected chi connectivity index (χ3v) is 13.1. The Morgan fingerprint density at radius 2 is 1.61 bits per heavy atom. The molecule has 5 rings (SSSR count). The van der Waals surface area contributed by atoms with Crippen LogP contribution in [0.15, 0.2) is 0 Å². The van der Waals surface area contributed by atoms with Gasteiger partial charge < -0.3 is 20.3 Å². The van der Waals surface area contributed by atoms with Gasteiger partial charge in [-0.3, -0.25) is 0 Å². The van der Waals surface area contributed by atoms with Crippen molar-refractivity contribution in [1.82, 2.24) is 5.32 Å². The van der Waals surface area contributed by atoms with Crippen LogP contribution in [-0.2, 0) is 4.74 Å². The molecular weight excluding hydrogens is 474 g/mol. The Bertz CT molecular complexity index is 811. The number of fused-ring (bicyclic) bond motifs is 5. The first-order chi connectivity index (χ1) is 18.2. The lowest BCUT2D eigenvalue weighted by atomic mass is 9.41. The smallest absolute Gasteiger partial charge is 0.407 e. The number of aliphatic hydroxyl groups excluding tert-OH is 2. The molecule has 0 saturated heterocycles. The normalized spacial score (nSPS) is 46.3. The zero-order chi connectivity index (χ0) is 27.1. The minimum atomic E-state index is -0.233. The van der Waals surface area contributed by atoms with Crippen LogP contribution in [0.5, 0.6) is 0 Å². The van der Waals surface area contributed by atoms with Crippen LogP contribution in [0.4, 0.5) is 4.79 Å². The van der Waals surface area contributed by atoms with Crippen molar-refractivity contribution < 1.29 is 19.7 Å². The average molecular weight is 532 g/mol. The van der Waals surface area contributed by atoms with Gasteiger partial charge in [0.25, 0.3) is 0 Å². The Hall–Kier alpha value is -0.810. The summed E-state index contributed by atoms with van der Waals surface area (Å²) >= 11 is 0. The Balaban J connectivity index is 1.21. The van der Waals surface area contributed by atoms with Crippen LogP contribution in [0.2, 0.25) is 0 Å². The van der Waals surface area contributed by atoms with Gasteiger partial charge in [0.1, 0.15) is 0 Å². The van der Waals surface area contributed by atoms with E-state index in [9.17, 15) is 15.0 Å². The molecule has 5 saturated carbocycles. The Morgan fingerprint density at radius 3 is 2.32 bits per heavy atom. The minimum absolute atomic E-state index is 0.187. The third kappa shape index (κ3) is 5.17. The SMILES string of the molecule is CC[C@@H]1C2C[C@H](O)CCC2(C)[C@H]2CC[C@]3(C)[C@@H]([C@H](C)CCOC(=O)NC4CCCCCC4)CC[C@H]3[C@@H]2[C@@H]1O. The molecule has 3 N–H and O–H groups in total. The summed E-state index contributed by atoms with van der Waals surface area (Å²) in [6, 6.07) is 0.287. The molecule has 5 heteroatoms. The van der Waals surface area contributed by atoms with E-state index in [2.05, 4.69) is 33.0 Å². The second-order valence-corrected chi connectivity index (χ2v) is 14.9. The lowest BCUT2D eigenvalue weighted by Gasteiger charge is -2.64. The molecular formula is C33H57NO4. The number of amides is 1. The van der Waals surface area contributed by atoms with Gasteiger partial charge in [0.05, 0.1) is 18.8 Å². The number of rotatable bonds is 6. The lowest BCUT2D eigenvalue weighted by Crippen LogP contribution is -2.62. The van der Waals surface area contributed by atoms with Gasteiger partial charge in [0, 0.05) is 6.04 Å². The summed E-state index contributed by atoms with van der Waals surface area (Å²) in [6.45, 7) is 10.2. The Kier molecular flexibility index (Phi) is 8.75. The van der Waals surface area contributed by atoms with E-state index >= 15 is 0 Å². The molecule has 0 bridgehead atoms. The monoisotopic (exact) mass is 531 g/mol. The predicted octanol–water partition coefficient (Wildman–Crippen LogP) is 7.09. The van der Waals surface area contributed by atoms with Crippen LogP contribution in [-0.4, -0.2) is 41.2 Å². The number of aliphatic hydroxyl groups is 2. The molecule has 5 aliphatic carbocycles. The van der Waals surface area contributed by atoms with E-state index in [1.165, 1.54) is 51.4 Å². The highest BCUT2D eigenvalue weighted by Crippen LogP contribution is 2.69. The molecule has 38 heavy (non-hydrogen) atoms. The molecule has 5 fully saturated rings. The van der Waals surface area contributed by atoms with Gasteiger partial charge in [0.2, 0.25) is 0 Å². The standard InChI is InChI=1S/C33H57NO4/c1-5-24-28-20-23(35)14-17-33(28,4)27-15-18-32(3)25(12-13-26(32)29(27)30(24)36)21(2)16-19-38-31(37)34-22-10-8-6-7-9-11-22/h21-30,35-36H,5-20H2,1-4H3,(H,34,37)/t21-,23-,24-,25-,26+,27+,28?,29+,30-,32-,33?/m1/s1. The maximum atomic E-state index is 12.5. The van der Waals surface area contributed by atoms with Gasteiger partial charge in [-0.25, -0.2) is 4.79 Å². The number of carbonyl (C=O) groups excluding carboxylic acids is 1. The molecule has 0 aliphatic heterocycles. The molecule has 0 aromatic rings. The number of carbonyl (C=O) groups is 1. The van der Waals surface area contributed by atoms with Crippen LogP contribution in [0.25, 0.3) is 0 Å². The molecule has 0 aromatic heterocycles. The van der Waals surface area contributed by atoms with E-state index in [0.717, 1.165) is 44.9 Å². The van der Waals surface area contributed by atoms with Gasteiger partial charge in [-0.1, -0.05) is 59.8 Å². The van der Waals surface area contributed by atoms with Crippen LogP contribution in [0.1, 0.15) is 124 Å². The first kappa shape index (κ1) is 28.7. The van der Waals surface area contributed by atoms with Gasteiger partial charge in [0.15, 0.2) is 0 Å². The van der Waals surface area contributed by atoms with E-state index in [1.807, 2.05) is 0 Å². The van der Waals surface area contributed by atoms with E-state index in [4.69, 9.17) is 4.74 Å². The molecule has 2 unspecified atom stereocenters. The summed E-state index contributed by atoms with van der Waals surface area (Å²) in [5.74, 6) is 3.48. The summed E-state index contributed by atoms with van der Waals surface area (Å²) < 4.78 is 5.69. The fourth-order valence-corrected chi connectivity index (χ4v) is 11.1. The van der Waals surface area contributed by atoms with Crippen molar-refractivity contribution in [2.75, 3.05) is 6.61 Å². The van der Waals surface area contributed by atoms with Crippen LogP contribution >= 0.6 is 0 Å². The first-order valence-electron chi connectivity index (χ1n) is 16.5. The number of hydrogen-bond donors (Lipinski definition) is 3. The second-order valence-electron chi connectivity index (χ2n) is 14.9. The fraction of sp³-hybridized carbons (Fsp3) is 0.970. The molecule has 5 nitrogen and oxygen atoms in total. The van der Waals surface area contributed by atoms with Crippen molar-refractivity contribution in [3.8, 4) is 0 Å².